The van der Waals surface area contributed by atoms with E-state index >= 15 is 0 Å². The first kappa shape index (κ1) is 12.9. The van der Waals surface area contributed by atoms with Crippen molar-refractivity contribution >= 4 is 11.9 Å². The van der Waals surface area contributed by atoms with Gasteiger partial charge in [0.25, 0.3) is 0 Å². The molecular formula is C9H16O5. The maximum absolute atomic E-state index is 11.1. The predicted octanol–water partition coefficient (Wildman–Crippen LogP) is 0.254. The Hall–Kier alpha value is -1.10. The van der Waals surface area contributed by atoms with Crippen LogP contribution in [-0.2, 0) is 19.1 Å². The molecule has 0 amide bonds. The molecule has 5 nitrogen and oxygen atoms in total. The van der Waals surface area contributed by atoms with Crippen LogP contribution in [-0.4, -0.2) is 35.9 Å². The summed E-state index contributed by atoms with van der Waals surface area (Å²) in [6, 6.07) is 0. The standard InChI is InChI=1S/C9H16O5/c1-4-13-7(10)6-9(3,12)8(11)14-5-2/h12H,4-6H2,1-3H3. The Morgan fingerprint density at radius 2 is 1.71 bits per heavy atom. The molecule has 0 heterocycles. The van der Waals surface area contributed by atoms with E-state index in [1.54, 1.807) is 13.8 Å². The molecule has 0 bridgehead atoms. The van der Waals surface area contributed by atoms with Crippen LogP contribution in [0.25, 0.3) is 0 Å². The molecule has 0 aromatic heterocycles. The lowest BCUT2D eigenvalue weighted by atomic mass is 10.0. The van der Waals surface area contributed by atoms with Crippen molar-refractivity contribution in [1.29, 1.82) is 0 Å². The second kappa shape index (κ2) is 5.59. The molecule has 0 aliphatic rings. The predicted molar refractivity (Wildman–Crippen MR) is 48.5 cm³/mol. The Labute approximate surface area is 83.0 Å². The van der Waals surface area contributed by atoms with Crippen LogP contribution < -0.4 is 0 Å². The highest BCUT2D eigenvalue weighted by Crippen LogP contribution is 2.12. The minimum Gasteiger partial charge on any atom is -0.466 e. The number of esters is 2. The molecule has 0 aromatic rings. The molecule has 0 rings (SSSR count). The van der Waals surface area contributed by atoms with Gasteiger partial charge in [0, 0.05) is 0 Å². The Bertz CT molecular complexity index is 209. The first-order valence-corrected chi connectivity index (χ1v) is 4.49. The van der Waals surface area contributed by atoms with Gasteiger partial charge < -0.3 is 14.6 Å². The van der Waals surface area contributed by atoms with Crippen molar-refractivity contribution in [1.82, 2.24) is 0 Å². The van der Waals surface area contributed by atoms with Gasteiger partial charge in [-0.25, -0.2) is 4.79 Å². The zero-order valence-corrected chi connectivity index (χ0v) is 8.70. The molecule has 14 heavy (non-hydrogen) atoms. The van der Waals surface area contributed by atoms with Gasteiger partial charge in [0.05, 0.1) is 19.6 Å². The normalized spacial score (nSPS) is 14.3. The van der Waals surface area contributed by atoms with Gasteiger partial charge in [0.2, 0.25) is 0 Å². The number of carbonyl (C=O) groups excluding carboxylic acids is 2. The maximum Gasteiger partial charge on any atom is 0.338 e. The number of ether oxygens (including phenoxy) is 2. The first-order chi connectivity index (χ1) is 6.44. The summed E-state index contributed by atoms with van der Waals surface area (Å²) in [6.45, 7) is 4.88. The molecule has 0 fully saturated rings. The molecule has 1 N–H and O–H groups in total. The van der Waals surface area contributed by atoms with Gasteiger partial charge >= 0.3 is 11.9 Å². The largest absolute Gasteiger partial charge is 0.466 e. The zero-order chi connectivity index (χ0) is 11.2. The van der Waals surface area contributed by atoms with Crippen LogP contribution >= 0.6 is 0 Å². The molecule has 0 spiro atoms. The third kappa shape index (κ3) is 4.23. The van der Waals surface area contributed by atoms with Crippen molar-refractivity contribution in [2.24, 2.45) is 0 Å². The lowest BCUT2D eigenvalue weighted by Crippen LogP contribution is -2.39. The van der Waals surface area contributed by atoms with Gasteiger partial charge in [-0.2, -0.15) is 0 Å². The van der Waals surface area contributed by atoms with Crippen LogP contribution in [0.1, 0.15) is 27.2 Å². The minimum atomic E-state index is -1.80. The Kier molecular flexibility index (Phi) is 5.15. The summed E-state index contributed by atoms with van der Waals surface area (Å²) < 4.78 is 9.19. The van der Waals surface area contributed by atoms with Crippen LogP contribution in [0.4, 0.5) is 0 Å². The van der Waals surface area contributed by atoms with Gasteiger partial charge in [0.1, 0.15) is 0 Å². The second-order valence-corrected chi connectivity index (χ2v) is 2.98. The average Bonchev–Trinajstić information content (AvgIpc) is 2.03. The quantitative estimate of drug-likeness (QED) is 0.650. The summed E-state index contributed by atoms with van der Waals surface area (Å²) in [5, 5.41) is 9.54. The van der Waals surface area contributed by atoms with Crippen molar-refractivity contribution < 1.29 is 24.2 Å². The van der Waals surface area contributed by atoms with Gasteiger partial charge in [-0.3, -0.25) is 4.79 Å². The number of hydrogen-bond donors (Lipinski definition) is 1. The van der Waals surface area contributed by atoms with E-state index in [2.05, 4.69) is 9.47 Å². The van der Waals surface area contributed by atoms with Gasteiger partial charge in [0.15, 0.2) is 5.60 Å². The Balaban J connectivity index is 4.18. The second-order valence-electron chi connectivity index (χ2n) is 2.98. The summed E-state index contributed by atoms with van der Waals surface area (Å²) in [6.07, 6.45) is -0.389. The number of hydrogen-bond acceptors (Lipinski definition) is 5. The SMILES string of the molecule is CCOC(=O)CC(C)(O)C(=O)OCC. The third-order valence-electron chi connectivity index (χ3n) is 1.51. The van der Waals surface area contributed by atoms with Crippen LogP contribution in [0.3, 0.4) is 0 Å². The van der Waals surface area contributed by atoms with E-state index in [0.717, 1.165) is 0 Å². The van der Waals surface area contributed by atoms with Crippen molar-refractivity contribution in [2.75, 3.05) is 13.2 Å². The van der Waals surface area contributed by atoms with E-state index in [4.69, 9.17) is 0 Å². The molecule has 0 saturated heterocycles. The molecule has 1 unspecified atom stereocenters. The van der Waals surface area contributed by atoms with E-state index in [1.807, 2.05) is 0 Å². The average molecular weight is 204 g/mol. The Morgan fingerprint density at radius 1 is 1.21 bits per heavy atom. The molecule has 0 aromatic carbocycles. The first-order valence-electron chi connectivity index (χ1n) is 4.49. The van der Waals surface area contributed by atoms with Crippen LogP contribution in [0.15, 0.2) is 0 Å². The van der Waals surface area contributed by atoms with Gasteiger partial charge in [-0.1, -0.05) is 0 Å². The number of carbonyl (C=O) groups is 2. The molecule has 0 aliphatic heterocycles. The monoisotopic (exact) mass is 204 g/mol. The zero-order valence-electron chi connectivity index (χ0n) is 8.70. The van der Waals surface area contributed by atoms with Crippen molar-refractivity contribution in [3.05, 3.63) is 0 Å². The lowest BCUT2D eigenvalue weighted by Gasteiger charge is -2.19. The molecule has 1 atom stereocenters. The summed E-state index contributed by atoms with van der Waals surface area (Å²) in [5.41, 5.74) is -1.80. The van der Waals surface area contributed by atoms with Crippen LogP contribution in [0, 0.1) is 0 Å². The topological polar surface area (TPSA) is 72.8 Å². The molecule has 0 saturated carbocycles. The summed E-state index contributed by atoms with van der Waals surface area (Å²) in [5.74, 6) is -1.43. The van der Waals surface area contributed by atoms with E-state index < -0.39 is 17.5 Å². The summed E-state index contributed by atoms with van der Waals surface area (Å²) in [7, 11) is 0. The fraction of sp³-hybridized carbons (Fsp3) is 0.778. The van der Waals surface area contributed by atoms with Crippen molar-refractivity contribution in [2.45, 2.75) is 32.8 Å². The van der Waals surface area contributed by atoms with Crippen molar-refractivity contribution in [3.8, 4) is 0 Å². The highest BCUT2D eigenvalue weighted by molar-refractivity contribution is 5.85. The molecule has 82 valence electrons. The highest BCUT2D eigenvalue weighted by atomic mass is 16.6. The smallest absolute Gasteiger partial charge is 0.338 e. The van der Waals surface area contributed by atoms with E-state index in [1.165, 1.54) is 6.92 Å². The van der Waals surface area contributed by atoms with Crippen LogP contribution in [0.5, 0.6) is 0 Å². The molecule has 0 aliphatic carbocycles. The molecular weight excluding hydrogens is 188 g/mol. The van der Waals surface area contributed by atoms with E-state index in [9.17, 15) is 14.7 Å². The fourth-order valence-corrected chi connectivity index (χ4v) is 0.852. The maximum atomic E-state index is 11.1. The van der Waals surface area contributed by atoms with Crippen LogP contribution in [0.2, 0.25) is 0 Å². The molecule has 5 heteroatoms. The van der Waals surface area contributed by atoms with Gasteiger partial charge in [-0.15, -0.1) is 0 Å². The van der Waals surface area contributed by atoms with Gasteiger partial charge in [-0.05, 0) is 20.8 Å². The molecule has 0 radical (unpaired) electrons. The summed E-state index contributed by atoms with van der Waals surface area (Å²) in [4.78, 5) is 22.1. The lowest BCUT2D eigenvalue weighted by molar-refractivity contribution is -0.169. The third-order valence-corrected chi connectivity index (χ3v) is 1.51. The minimum absolute atomic E-state index is 0.164. The number of rotatable bonds is 5. The fourth-order valence-electron chi connectivity index (χ4n) is 0.852. The van der Waals surface area contributed by atoms with E-state index in [0.29, 0.717) is 0 Å². The number of aliphatic hydroxyl groups is 1. The van der Waals surface area contributed by atoms with E-state index in [-0.39, 0.29) is 19.6 Å². The van der Waals surface area contributed by atoms with Crippen molar-refractivity contribution in [3.63, 3.8) is 0 Å². The highest BCUT2D eigenvalue weighted by Gasteiger charge is 2.35. The summed E-state index contributed by atoms with van der Waals surface area (Å²) >= 11 is 0. The Morgan fingerprint density at radius 3 is 2.14 bits per heavy atom.